The van der Waals surface area contributed by atoms with Crippen molar-refractivity contribution in [3.05, 3.63) is 30.1 Å². The molecule has 0 unspecified atom stereocenters. The lowest BCUT2D eigenvalue weighted by Gasteiger charge is -2.30. The molecular formula is C21H30N4O4. The summed E-state index contributed by atoms with van der Waals surface area (Å²) in [5, 5.41) is 19.8. The van der Waals surface area contributed by atoms with Gasteiger partial charge in [-0.1, -0.05) is 31.9 Å². The van der Waals surface area contributed by atoms with Gasteiger partial charge in [-0.15, -0.1) is 0 Å². The molecule has 29 heavy (non-hydrogen) atoms. The van der Waals surface area contributed by atoms with E-state index in [0.29, 0.717) is 31.0 Å². The van der Waals surface area contributed by atoms with Crippen LogP contribution in [-0.4, -0.2) is 61.8 Å². The van der Waals surface area contributed by atoms with Crippen molar-refractivity contribution in [3.8, 4) is 0 Å². The Hall–Kier alpha value is -2.45. The molecule has 1 aromatic carbocycles. The summed E-state index contributed by atoms with van der Waals surface area (Å²) in [4.78, 5) is 30.9. The van der Waals surface area contributed by atoms with E-state index in [-0.39, 0.29) is 25.1 Å². The Morgan fingerprint density at radius 2 is 2.21 bits per heavy atom. The minimum atomic E-state index is -0.443. The lowest BCUT2D eigenvalue weighted by Crippen LogP contribution is -2.41. The van der Waals surface area contributed by atoms with Gasteiger partial charge in [-0.05, 0) is 31.4 Å². The van der Waals surface area contributed by atoms with Crippen molar-refractivity contribution in [1.29, 1.82) is 0 Å². The van der Waals surface area contributed by atoms with E-state index < -0.39 is 5.92 Å². The number of para-hydroxylation sites is 2. The number of aromatic nitrogens is 2. The predicted molar refractivity (Wildman–Crippen MR) is 108 cm³/mol. The number of carbonyl (C=O) groups is 2. The molecule has 0 radical (unpaired) electrons. The van der Waals surface area contributed by atoms with Gasteiger partial charge in [0.1, 0.15) is 5.82 Å². The third-order valence-electron chi connectivity index (χ3n) is 5.63. The van der Waals surface area contributed by atoms with Crippen molar-refractivity contribution in [2.75, 3.05) is 19.7 Å². The highest BCUT2D eigenvalue weighted by molar-refractivity contribution is 5.81. The van der Waals surface area contributed by atoms with Gasteiger partial charge >= 0.3 is 0 Å². The van der Waals surface area contributed by atoms with Crippen LogP contribution in [0.5, 0.6) is 0 Å². The topological polar surface area (TPSA) is 98.9 Å². The zero-order valence-electron chi connectivity index (χ0n) is 16.9. The number of hydrogen-bond donors (Lipinski definition) is 2. The van der Waals surface area contributed by atoms with Gasteiger partial charge in [0.15, 0.2) is 0 Å². The zero-order chi connectivity index (χ0) is 20.8. The fourth-order valence-corrected chi connectivity index (χ4v) is 4.23. The normalized spacial score (nSPS) is 17.6. The van der Waals surface area contributed by atoms with Gasteiger partial charge in [0.2, 0.25) is 12.3 Å². The lowest BCUT2D eigenvalue weighted by molar-refractivity contribution is -0.157. The number of aliphatic hydroxyl groups is 1. The molecule has 2 aromatic rings. The minimum absolute atomic E-state index is 0.00138. The molecule has 0 bridgehead atoms. The molecule has 2 N–H and O–H groups in total. The Kier molecular flexibility index (Phi) is 7.22. The maximum Gasteiger partial charge on any atom is 0.233 e. The molecular weight excluding hydrogens is 372 g/mol. The number of imidazole rings is 1. The molecule has 1 saturated heterocycles. The van der Waals surface area contributed by atoms with Crippen molar-refractivity contribution in [3.63, 3.8) is 0 Å². The smallest absolute Gasteiger partial charge is 0.233 e. The van der Waals surface area contributed by atoms with Gasteiger partial charge < -0.3 is 14.6 Å². The lowest BCUT2D eigenvalue weighted by atomic mass is 9.99. The number of fused-ring (bicyclic) bond motifs is 1. The summed E-state index contributed by atoms with van der Waals surface area (Å²) in [6.45, 7) is 3.09. The van der Waals surface area contributed by atoms with E-state index in [0.717, 1.165) is 42.5 Å². The minimum Gasteiger partial charge on any atom is -0.395 e. The van der Waals surface area contributed by atoms with E-state index >= 15 is 0 Å². The number of amides is 2. The number of carbonyl (C=O) groups excluding carboxylic acids is 2. The number of benzene rings is 1. The van der Waals surface area contributed by atoms with Gasteiger partial charge in [-0.25, -0.2) is 10.0 Å². The predicted octanol–water partition coefficient (Wildman–Crippen LogP) is 2.35. The van der Waals surface area contributed by atoms with E-state index in [1.54, 1.807) is 0 Å². The fourth-order valence-electron chi connectivity index (χ4n) is 4.23. The summed E-state index contributed by atoms with van der Waals surface area (Å²) in [6.07, 6.45) is 4.43. The molecule has 0 spiro atoms. The highest BCUT2D eigenvalue weighted by Crippen LogP contribution is 2.35. The Bertz CT molecular complexity index is 837. The summed E-state index contributed by atoms with van der Waals surface area (Å²) in [7, 11) is 0. The summed E-state index contributed by atoms with van der Waals surface area (Å²) < 4.78 is 2.00. The highest BCUT2D eigenvalue weighted by atomic mass is 16.5. The van der Waals surface area contributed by atoms with Gasteiger partial charge in [0, 0.05) is 13.1 Å². The molecule has 2 amide bonds. The molecule has 2 heterocycles. The SMILES string of the molecule is CCCC[C@H](CN(O)C=O)C(=O)N1CCC[C@H]1c1nc2ccccc2n1CCO. The van der Waals surface area contributed by atoms with Gasteiger partial charge in [0.05, 0.1) is 36.1 Å². The quantitative estimate of drug-likeness (QED) is 0.361. The van der Waals surface area contributed by atoms with Crippen LogP contribution in [0.25, 0.3) is 11.0 Å². The van der Waals surface area contributed by atoms with Crippen LogP contribution < -0.4 is 0 Å². The van der Waals surface area contributed by atoms with Crippen molar-refractivity contribution < 1.29 is 19.9 Å². The number of likely N-dealkylation sites (tertiary alicyclic amines) is 1. The van der Waals surface area contributed by atoms with E-state index in [9.17, 15) is 19.9 Å². The second kappa shape index (κ2) is 9.84. The van der Waals surface area contributed by atoms with Crippen LogP contribution in [-0.2, 0) is 16.1 Å². The average Bonchev–Trinajstić information content (AvgIpc) is 3.35. The Morgan fingerprint density at radius 1 is 1.41 bits per heavy atom. The number of hydroxylamine groups is 2. The van der Waals surface area contributed by atoms with Crippen LogP contribution in [0.15, 0.2) is 24.3 Å². The first-order valence-electron chi connectivity index (χ1n) is 10.4. The molecule has 1 aromatic heterocycles. The first-order valence-corrected chi connectivity index (χ1v) is 10.4. The molecule has 0 aliphatic carbocycles. The van der Waals surface area contributed by atoms with Crippen LogP contribution in [0.2, 0.25) is 0 Å². The molecule has 8 nitrogen and oxygen atoms in total. The first kappa shape index (κ1) is 21.3. The van der Waals surface area contributed by atoms with E-state index in [1.807, 2.05) is 40.7 Å². The molecule has 2 atom stereocenters. The van der Waals surface area contributed by atoms with Crippen molar-refractivity contribution in [1.82, 2.24) is 19.5 Å². The molecule has 8 heteroatoms. The molecule has 158 valence electrons. The van der Waals surface area contributed by atoms with Crippen LogP contribution in [0.1, 0.15) is 50.9 Å². The van der Waals surface area contributed by atoms with Gasteiger partial charge in [-0.3, -0.25) is 14.8 Å². The Labute approximate surface area is 170 Å². The molecule has 1 aliphatic rings. The Morgan fingerprint density at radius 3 is 2.93 bits per heavy atom. The molecule has 0 saturated carbocycles. The maximum absolute atomic E-state index is 13.4. The third-order valence-corrected chi connectivity index (χ3v) is 5.63. The van der Waals surface area contributed by atoms with Crippen molar-refractivity contribution >= 4 is 23.4 Å². The van der Waals surface area contributed by atoms with Crippen molar-refractivity contribution in [2.24, 2.45) is 5.92 Å². The fraction of sp³-hybridized carbons (Fsp3) is 0.571. The second-order valence-corrected chi connectivity index (χ2v) is 7.59. The summed E-state index contributed by atoms with van der Waals surface area (Å²) in [6, 6.07) is 7.60. The van der Waals surface area contributed by atoms with E-state index in [4.69, 9.17) is 4.98 Å². The van der Waals surface area contributed by atoms with Crippen LogP contribution >= 0.6 is 0 Å². The number of rotatable bonds is 10. The monoisotopic (exact) mass is 402 g/mol. The van der Waals surface area contributed by atoms with Crippen LogP contribution in [0, 0.1) is 5.92 Å². The maximum atomic E-state index is 13.4. The van der Waals surface area contributed by atoms with E-state index in [1.165, 1.54) is 0 Å². The highest BCUT2D eigenvalue weighted by Gasteiger charge is 2.37. The average molecular weight is 402 g/mol. The number of nitrogens with zero attached hydrogens (tertiary/aromatic N) is 4. The summed E-state index contributed by atoms with van der Waals surface area (Å²) in [5.74, 6) is 0.294. The van der Waals surface area contributed by atoms with Crippen molar-refractivity contribution in [2.45, 2.75) is 51.6 Å². The summed E-state index contributed by atoms with van der Waals surface area (Å²) in [5.41, 5.74) is 1.79. The van der Waals surface area contributed by atoms with E-state index in [2.05, 4.69) is 0 Å². The van der Waals surface area contributed by atoms with Gasteiger partial charge in [-0.2, -0.15) is 0 Å². The standard InChI is InChI=1S/C21H30N4O4/c1-2-3-7-16(14-23(29)15-27)21(28)25-11-6-10-19(25)20-22-17-8-4-5-9-18(17)24(20)12-13-26/h4-5,8-9,15-16,19,26,29H,2-3,6-7,10-14H2,1H3/t16-,19+/m1/s1. The third kappa shape index (κ3) is 4.59. The van der Waals surface area contributed by atoms with Crippen LogP contribution in [0.3, 0.4) is 0 Å². The number of aliphatic hydroxyl groups excluding tert-OH is 1. The number of hydrogen-bond acceptors (Lipinski definition) is 5. The molecule has 1 aliphatic heterocycles. The molecule has 3 rings (SSSR count). The molecule has 1 fully saturated rings. The first-order chi connectivity index (χ1) is 14.1. The zero-order valence-corrected chi connectivity index (χ0v) is 16.9. The van der Waals surface area contributed by atoms with Gasteiger partial charge in [0.25, 0.3) is 0 Å². The Balaban J connectivity index is 1.90. The summed E-state index contributed by atoms with van der Waals surface area (Å²) >= 11 is 0. The van der Waals surface area contributed by atoms with Crippen LogP contribution in [0.4, 0.5) is 0 Å². The second-order valence-electron chi connectivity index (χ2n) is 7.59. The largest absolute Gasteiger partial charge is 0.395 e. The number of unbranched alkanes of at least 4 members (excludes halogenated alkanes) is 1.